The highest BCUT2D eigenvalue weighted by Crippen LogP contribution is 2.26. The predicted molar refractivity (Wildman–Crippen MR) is 106 cm³/mol. The lowest BCUT2D eigenvalue weighted by atomic mass is 10.1. The SMILES string of the molecule is CC(=O)c1c(F)cccc1N1CCN(c2cc(N3CCOCC3)ncn2)CC1. The lowest BCUT2D eigenvalue weighted by molar-refractivity contribution is 0.101. The molecule has 0 radical (unpaired) electrons. The molecule has 0 amide bonds. The molecule has 28 heavy (non-hydrogen) atoms. The Morgan fingerprint density at radius 2 is 1.57 bits per heavy atom. The molecule has 2 fully saturated rings. The number of rotatable bonds is 4. The fourth-order valence-corrected chi connectivity index (χ4v) is 3.78. The van der Waals surface area contributed by atoms with Crippen LogP contribution >= 0.6 is 0 Å². The first kappa shape index (κ1) is 18.6. The maximum atomic E-state index is 14.1. The zero-order chi connectivity index (χ0) is 19.5. The Morgan fingerprint density at radius 3 is 2.21 bits per heavy atom. The van der Waals surface area contributed by atoms with Gasteiger partial charge in [0.25, 0.3) is 0 Å². The molecule has 0 aliphatic carbocycles. The third-order valence-corrected chi connectivity index (χ3v) is 5.26. The fraction of sp³-hybridized carbons (Fsp3) is 0.450. The van der Waals surface area contributed by atoms with Gasteiger partial charge < -0.3 is 19.4 Å². The number of benzene rings is 1. The molecule has 2 aliphatic heterocycles. The normalized spacial score (nSPS) is 17.7. The van der Waals surface area contributed by atoms with Crippen molar-refractivity contribution >= 4 is 23.1 Å². The van der Waals surface area contributed by atoms with Crippen LogP contribution in [-0.4, -0.2) is 68.2 Å². The minimum Gasteiger partial charge on any atom is -0.378 e. The van der Waals surface area contributed by atoms with Crippen molar-refractivity contribution in [3.63, 3.8) is 0 Å². The van der Waals surface area contributed by atoms with Crippen LogP contribution in [-0.2, 0) is 4.74 Å². The minimum absolute atomic E-state index is 0.174. The lowest BCUT2D eigenvalue weighted by Gasteiger charge is -2.37. The van der Waals surface area contributed by atoms with E-state index in [2.05, 4.69) is 24.7 Å². The minimum atomic E-state index is -0.460. The van der Waals surface area contributed by atoms with Crippen molar-refractivity contribution in [2.45, 2.75) is 6.92 Å². The molecule has 3 heterocycles. The second-order valence-corrected chi connectivity index (χ2v) is 7.00. The molecule has 2 aliphatic rings. The van der Waals surface area contributed by atoms with Crippen LogP contribution in [0.3, 0.4) is 0 Å². The number of nitrogens with zero attached hydrogens (tertiary/aromatic N) is 5. The first-order chi connectivity index (χ1) is 13.6. The quantitative estimate of drug-likeness (QED) is 0.746. The van der Waals surface area contributed by atoms with Crippen LogP contribution in [0.25, 0.3) is 0 Å². The summed E-state index contributed by atoms with van der Waals surface area (Å²) in [5, 5.41) is 0. The highest BCUT2D eigenvalue weighted by Gasteiger charge is 2.24. The lowest BCUT2D eigenvalue weighted by Crippen LogP contribution is -2.47. The van der Waals surface area contributed by atoms with E-state index in [0.717, 1.165) is 37.8 Å². The van der Waals surface area contributed by atoms with Crippen molar-refractivity contribution in [2.24, 2.45) is 0 Å². The standard InChI is InChI=1S/C20H24FN5O2/c1-15(27)20-16(21)3-2-4-17(20)24-5-7-25(8-6-24)18-13-19(23-14-22-18)26-9-11-28-12-10-26/h2-4,13-14H,5-12H2,1H3. The number of hydrogen-bond acceptors (Lipinski definition) is 7. The summed E-state index contributed by atoms with van der Waals surface area (Å²) in [6, 6.07) is 6.83. The van der Waals surface area contributed by atoms with Gasteiger partial charge in [-0.3, -0.25) is 4.79 Å². The second-order valence-electron chi connectivity index (χ2n) is 7.00. The molecule has 7 nitrogen and oxygen atoms in total. The van der Waals surface area contributed by atoms with Gasteiger partial charge in [-0.1, -0.05) is 6.07 Å². The van der Waals surface area contributed by atoms with E-state index < -0.39 is 5.82 Å². The topological polar surface area (TPSA) is 61.8 Å². The third kappa shape index (κ3) is 3.77. The number of carbonyl (C=O) groups excluding carboxylic acids is 1. The Balaban J connectivity index is 1.46. The van der Waals surface area contributed by atoms with E-state index in [1.54, 1.807) is 12.4 Å². The molecule has 1 aromatic carbocycles. The highest BCUT2D eigenvalue weighted by molar-refractivity contribution is 6.00. The summed E-state index contributed by atoms with van der Waals surface area (Å²) in [4.78, 5) is 27.2. The Kier molecular flexibility index (Phi) is 5.38. The van der Waals surface area contributed by atoms with E-state index in [1.165, 1.54) is 13.0 Å². The average Bonchev–Trinajstić information content (AvgIpc) is 2.74. The number of anilines is 3. The molecule has 0 bridgehead atoms. The van der Waals surface area contributed by atoms with Crippen molar-refractivity contribution in [3.05, 3.63) is 42.0 Å². The Labute approximate surface area is 163 Å². The number of halogens is 1. The van der Waals surface area contributed by atoms with Crippen LogP contribution in [0.15, 0.2) is 30.6 Å². The number of ether oxygens (including phenoxy) is 1. The van der Waals surface area contributed by atoms with E-state index in [9.17, 15) is 9.18 Å². The summed E-state index contributed by atoms with van der Waals surface area (Å²) in [5.41, 5.74) is 0.844. The first-order valence-corrected chi connectivity index (χ1v) is 9.57. The van der Waals surface area contributed by atoms with Gasteiger partial charge in [-0.15, -0.1) is 0 Å². The van der Waals surface area contributed by atoms with Crippen molar-refractivity contribution in [1.82, 2.24) is 9.97 Å². The summed E-state index contributed by atoms with van der Waals surface area (Å²) in [7, 11) is 0. The van der Waals surface area contributed by atoms with Gasteiger partial charge in [0.1, 0.15) is 23.8 Å². The van der Waals surface area contributed by atoms with Gasteiger partial charge in [0, 0.05) is 45.3 Å². The van der Waals surface area contributed by atoms with Gasteiger partial charge in [-0.2, -0.15) is 0 Å². The smallest absolute Gasteiger partial charge is 0.164 e. The first-order valence-electron chi connectivity index (χ1n) is 9.57. The van der Waals surface area contributed by atoms with E-state index >= 15 is 0 Å². The molecular weight excluding hydrogens is 361 g/mol. The van der Waals surface area contributed by atoms with Crippen LogP contribution in [0.5, 0.6) is 0 Å². The summed E-state index contributed by atoms with van der Waals surface area (Å²) < 4.78 is 19.5. The van der Waals surface area contributed by atoms with Crippen molar-refractivity contribution < 1.29 is 13.9 Å². The molecule has 2 aromatic rings. The van der Waals surface area contributed by atoms with Crippen molar-refractivity contribution in [2.75, 3.05) is 67.2 Å². The van der Waals surface area contributed by atoms with E-state index in [1.807, 2.05) is 12.1 Å². The third-order valence-electron chi connectivity index (χ3n) is 5.26. The van der Waals surface area contributed by atoms with E-state index in [0.29, 0.717) is 32.0 Å². The molecule has 0 unspecified atom stereocenters. The van der Waals surface area contributed by atoms with E-state index in [-0.39, 0.29) is 11.3 Å². The molecule has 4 rings (SSSR count). The number of carbonyl (C=O) groups is 1. The van der Waals surface area contributed by atoms with Gasteiger partial charge in [0.15, 0.2) is 5.78 Å². The molecule has 0 atom stereocenters. The van der Waals surface area contributed by atoms with Crippen LogP contribution in [0.1, 0.15) is 17.3 Å². The van der Waals surface area contributed by atoms with Crippen LogP contribution in [0.4, 0.5) is 21.7 Å². The van der Waals surface area contributed by atoms with Gasteiger partial charge in [-0.25, -0.2) is 14.4 Å². The number of hydrogen-bond donors (Lipinski definition) is 0. The number of piperazine rings is 1. The van der Waals surface area contributed by atoms with E-state index in [4.69, 9.17) is 4.74 Å². The molecule has 2 saturated heterocycles. The zero-order valence-electron chi connectivity index (χ0n) is 16.0. The van der Waals surface area contributed by atoms with Crippen LogP contribution in [0.2, 0.25) is 0 Å². The van der Waals surface area contributed by atoms with Gasteiger partial charge in [0.05, 0.1) is 24.5 Å². The van der Waals surface area contributed by atoms with Gasteiger partial charge >= 0.3 is 0 Å². The second kappa shape index (κ2) is 8.10. The summed E-state index contributed by atoms with van der Waals surface area (Å²) in [6.45, 7) is 7.37. The molecule has 0 spiro atoms. The molecular formula is C20H24FN5O2. The number of Topliss-reactive ketones (excluding diaryl/α,β-unsaturated/α-hetero) is 1. The fourth-order valence-electron chi connectivity index (χ4n) is 3.78. The van der Waals surface area contributed by atoms with Crippen molar-refractivity contribution in [1.29, 1.82) is 0 Å². The molecule has 0 N–H and O–H groups in total. The number of aromatic nitrogens is 2. The summed E-state index contributed by atoms with van der Waals surface area (Å²) >= 11 is 0. The Morgan fingerprint density at radius 1 is 0.964 bits per heavy atom. The maximum absolute atomic E-state index is 14.1. The predicted octanol–water partition coefficient (Wildman–Crippen LogP) is 1.98. The number of ketones is 1. The largest absolute Gasteiger partial charge is 0.378 e. The number of morpholine rings is 1. The summed E-state index contributed by atoms with van der Waals surface area (Å²) in [6.07, 6.45) is 1.60. The Hall–Kier alpha value is -2.74. The van der Waals surface area contributed by atoms with Crippen LogP contribution in [0, 0.1) is 5.82 Å². The van der Waals surface area contributed by atoms with Crippen LogP contribution < -0.4 is 14.7 Å². The monoisotopic (exact) mass is 385 g/mol. The summed E-state index contributed by atoms with van der Waals surface area (Å²) in [5.74, 6) is 1.10. The van der Waals surface area contributed by atoms with Gasteiger partial charge in [-0.05, 0) is 19.1 Å². The maximum Gasteiger partial charge on any atom is 0.164 e. The average molecular weight is 385 g/mol. The molecule has 1 aromatic heterocycles. The molecule has 8 heteroatoms. The zero-order valence-corrected chi connectivity index (χ0v) is 16.0. The van der Waals surface area contributed by atoms with Crippen molar-refractivity contribution in [3.8, 4) is 0 Å². The molecule has 0 saturated carbocycles. The Bertz CT molecular complexity index is 848. The highest BCUT2D eigenvalue weighted by atomic mass is 19.1. The van der Waals surface area contributed by atoms with Gasteiger partial charge in [0.2, 0.25) is 0 Å². The molecule has 148 valence electrons.